The van der Waals surface area contributed by atoms with Crippen LogP contribution in [0.1, 0.15) is 23.2 Å². The Balaban J connectivity index is 1.59. The van der Waals surface area contributed by atoms with Crippen LogP contribution in [0.2, 0.25) is 0 Å². The molecular weight excluding hydrogens is 699 g/mol. The highest BCUT2D eigenvalue weighted by Crippen LogP contribution is 2.45. The molecule has 0 atom stereocenters. The van der Waals surface area contributed by atoms with Gasteiger partial charge in [-0.2, -0.15) is 0 Å². The minimum atomic E-state index is -1.44. The van der Waals surface area contributed by atoms with E-state index in [0.717, 1.165) is 15.8 Å². The average Bonchev–Trinajstić information content (AvgIpc) is 3.27. The van der Waals surface area contributed by atoms with Gasteiger partial charge in [0.1, 0.15) is 6.10 Å². The molecule has 0 aliphatic carbocycles. The first-order chi connectivity index (χ1) is 12.9. The number of ether oxygens (including phenoxy) is 5. The van der Waals surface area contributed by atoms with Crippen molar-refractivity contribution in [2.24, 2.45) is 0 Å². The van der Waals surface area contributed by atoms with Crippen LogP contribution in [0.3, 0.4) is 0 Å². The zero-order valence-corrected chi connectivity index (χ0v) is 20.4. The Kier molecular flexibility index (Phi) is 6.23. The van der Waals surface area contributed by atoms with Crippen molar-refractivity contribution in [2.45, 2.75) is 30.8 Å². The normalized spacial score (nSPS) is 26.7. The Morgan fingerprint density at radius 2 is 1.56 bits per heavy atom. The predicted octanol–water partition coefficient (Wildman–Crippen LogP) is 2.91. The molecule has 4 rings (SSSR count). The molecule has 0 radical (unpaired) electrons. The van der Waals surface area contributed by atoms with Gasteiger partial charge in [-0.15, -0.1) is 0 Å². The number of nitrogens with zero attached hydrogens (tertiary/aromatic N) is 1. The monoisotopic (exact) mass is 715 g/mol. The molecule has 8 nitrogen and oxygen atoms in total. The fourth-order valence-electron chi connectivity index (χ4n) is 3.45. The van der Waals surface area contributed by atoms with Crippen molar-refractivity contribution in [1.82, 2.24) is 5.06 Å². The van der Waals surface area contributed by atoms with Crippen LogP contribution in [-0.2, 0) is 23.7 Å². The van der Waals surface area contributed by atoms with Crippen LogP contribution in [0.15, 0.2) is 12.1 Å². The van der Waals surface area contributed by atoms with Crippen LogP contribution in [0, 0.1) is 10.7 Å². The van der Waals surface area contributed by atoms with Crippen LogP contribution in [0.4, 0.5) is 0 Å². The second-order valence-electron chi connectivity index (χ2n) is 6.32. The lowest BCUT2D eigenvalue weighted by atomic mass is 10.0. The Morgan fingerprint density at radius 1 is 1.04 bits per heavy atom. The summed E-state index contributed by atoms with van der Waals surface area (Å²) in [5.74, 6) is -3.33. The van der Waals surface area contributed by atoms with E-state index in [1.54, 1.807) is 6.07 Å². The van der Waals surface area contributed by atoms with Gasteiger partial charge in [0, 0.05) is 10.7 Å². The van der Waals surface area contributed by atoms with Gasteiger partial charge in [-0.1, -0.05) is 5.06 Å². The van der Waals surface area contributed by atoms with E-state index in [2.05, 4.69) is 67.8 Å². The SMILES string of the molecule is O=C(OC1CC2(OCCO2)N(O)C2(C1)OCCO2)c1cc(I)cc(I)c1I. The van der Waals surface area contributed by atoms with E-state index in [1.807, 2.05) is 6.07 Å². The standard InChI is InChI=1S/C16H16I3NO7/c17-9-5-11(13(19)12(18)6-9)14(21)27-10-7-15(23-1-2-24-15)20(22)16(8-10)25-3-4-26-16/h5-6,10,22H,1-4,7-8H2. The molecule has 1 aromatic carbocycles. The highest BCUT2D eigenvalue weighted by atomic mass is 127. The molecule has 0 aromatic heterocycles. The number of benzene rings is 1. The molecule has 0 unspecified atom stereocenters. The maximum absolute atomic E-state index is 12.9. The predicted molar refractivity (Wildman–Crippen MR) is 116 cm³/mol. The van der Waals surface area contributed by atoms with Crippen molar-refractivity contribution < 1.29 is 33.7 Å². The minimum absolute atomic E-state index is 0.154. The van der Waals surface area contributed by atoms with Gasteiger partial charge in [-0.3, -0.25) is 0 Å². The molecule has 3 saturated heterocycles. The molecule has 11 heteroatoms. The maximum Gasteiger partial charge on any atom is 0.339 e. The first kappa shape index (κ1) is 20.9. The van der Waals surface area contributed by atoms with E-state index in [9.17, 15) is 10.0 Å². The molecule has 148 valence electrons. The number of esters is 1. The van der Waals surface area contributed by atoms with Crippen LogP contribution in [0.25, 0.3) is 0 Å². The molecule has 3 aliphatic rings. The molecule has 0 amide bonds. The van der Waals surface area contributed by atoms with Crippen molar-refractivity contribution in [3.8, 4) is 0 Å². The summed E-state index contributed by atoms with van der Waals surface area (Å²) < 4.78 is 31.2. The van der Waals surface area contributed by atoms with Gasteiger partial charge in [0.25, 0.3) is 11.8 Å². The number of hydrogen-bond acceptors (Lipinski definition) is 8. The molecule has 0 saturated carbocycles. The number of piperidine rings is 1. The van der Waals surface area contributed by atoms with Gasteiger partial charge < -0.3 is 28.9 Å². The summed E-state index contributed by atoms with van der Waals surface area (Å²) in [5, 5.41) is 11.5. The van der Waals surface area contributed by atoms with E-state index in [1.165, 1.54) is 0 Å². The maximum atomic E-state index is 12.9. The third-order valence-electron chi connectivity index (χ3n) is 4.58. The molecule has 0 bridgehead atoms. The fourth-order valence-corrected chi connectivity index (χ4v) is 5.83. The first-order valence-corrected chi connectivity index (χ1v) is 11.5. The number of hydrogen-bond donors (Lipinski definition) is 1. The van der Waals surface area contributed by atoms with E-state index >= 15 is 0 Å². The van der Waals surface area contributed by atoms with Gasteiger partial charge in [0.05, 0.1) is 44.8 Å². The quantitative estimate of drug-likeness (QED) is 0.285. The summed E-state index contributed by atoms with van der Waals surface area (Å²) in [6, 6.07) is 3.79. The molecule has 1 aromatic rings. The average molecular weight is 715 g/mol. The van der Waals surface area contributed by atoms with E-state index in [0.29, 0.717) is 32.0 Å². The Labute approximate surface area is 196 Å². The van der Waals surface area contributed by atoms with Crippen molar-refractivity contribution in [1.29, 1.82) is 0 Å². The van der Waals surface area contributed by atoms with Gasteiger partial charge in [-0.25, -0.2) is 4.79 Å². The van der Waals surface area contributed by atoms with E-state index < -0.39 is 23.9 Å². The van der Waals surface area contributed by atoms with Crippen LogP contribution >= 0.6 is 67.8 Å². The van der Waals surface area contributed by atoms with Crippen molar-refractivity contribution >= 4 is 73.7 Å². The van der Waals surface area contributed by atoms with Gasteiger partial charge in [0.15, 0.2) is 0 Å². The fraction of sp³-hybridized carbons (Fsp3) is 0.562. The molecule has 3 fully saturated rings. The number of halogens is 3. The lowest BCUT2D eigenvalue weighted by Crippen LogP contribution is -2.66. The van der Waals surface area contributed by atoms with Gasteiger partial charge in [-0.05, 0) is 79.9 Å². The Morgan fingerprint density at radius 3 is 2.07 bits per heavy atom. The van der Waals surface area contributed by atoms with Gasteiger partial charge >= 0.3 is 5.97 Å². The van der Waals surface area contributed by atoms with Gasteiger partial charge in [0.2, 0.25) is 0 Å². The summed E-state index contributed by atoms with van der Waals surface area (Å²) in [6.07, 6.45) is -0.300. The third-order valence-corrected chi connectivity index (χ3v) is 8.25. The smallest absolute Gasteiger partial charge is 0.339 e. The minimum Gasteiger partial charge on any atom is -0.458 e. The van der Waals surface area contributed by atoms with Crippen molar-refractivity contribution in [2.75, 3.05) is 26.4 Å². The first-order valence-electron chi connectivity index (χ1n) is 8.26. The van der Waals surface area contributed by atoms with E-state index in [4.69, 9.17) is 23.7 Å². The largest absolute Gasteiger partial charge is 0.458 e. The molecule has 3 aliphatic heterocycles. The lowest BCUT2D eigenvalue weighted by molar-refractivity contribution is -0.490. The molecule has 3 heterocycles. The summed E-state index contributed by atoms with van der Waals surface area (Å²) in [6.45, 7) is 1.28. The third kappa shape index (κ3) is 3.87. The number of rotatable bonds is 2. The zero-order chi connectivity index (χ0) is 19.2. The topological polar surface area (TPSA) is 86.7 Å². The zero-order valence-electron chi connectivity index (χ0n) is 14.0. The molecule has 2 spiro atoms. The molecular formula is C16H16I3NO7. The van der Waals surface area contributed by atoms with E-state index in [-0.39, 0.29) is 12.8 Å². The summed E-state index contributed by atoms with van der Waals surface area (Å²) >= 11 is 6.50. The second kappa shape index (κ2) is 8.05. The number of carbonyl (C=O) groups is 1. The van der Waals surface area contributed by atoms with Crippen molar-refractivity contribution in [3.05, 3.63) is 28.4 Å². The molecule has 1 N–H and O–H groups in total. The Bertz CT molecular complexity index is 724. The second-order valence-corrected chi connectivity index (χ2v) is 9.80. The lowest BCUT2D eigenvalue weighted by Gasteiger charge is -2.49. The van der Waals surface area contributed by atoms with Crippen molar-refractivity contribution in [3.63, 3.8) is 0 Å². The summed E-state index contributed by atoms with van der Waals surface area (Å²) in [4.78, 5) is 12.9. The summed E-state index contributed by atoms with van der Waals surface area (Å²) in [7, 11) is 0. The van der Waals surface area contributed by atoms with Crippen LogP contribution < -0.4 is 0 Å². The number of carbonyl (C=O) groups excluding carboxylic acids is 1. The van der Waals surface area contributed by atoms with Crippen LogP contribution in [0.5, 0.6) is 0 Å². The summed E-state index contributed by atoms with van der Waals surface area (Å²) in [5.41, 5.74) is 0.503. The molecule has 27 heavy (non-hydrogen) atoms. The number of hydroxylamine groups is 2. The highest BCUT2D eigenvalue weighted by molar-refractivity contribution is 14.1. The van der Waals surface area contributed by atoms with Crippen LogP contribution in [-0.4, -0.2) is 60.6 Å². The highest BCUT2D eigenvalue weighted by Gasteiger charge is 2.62. The Hall–Kier alpha value is 0.640.